The maximum Gasteiger partial charge on any atom is 0.323 e. The number of nitrogens with zero attached hydrogens (tertiary/aromatic N) is 1. The van der Waals surface area contributed by atoms with Crippen molar-refractivity contribution in [1.82, 2.24) is 0 Å². The highest BCUT2D eigenvalue weighted by atomic mass is 79.9. The van der Waals surface area contributed by atoms with E-state index >= 15 is 0 Å². The Morgan fingerprint density at radius 3 is 2.54 bits per heavy atom. The number of hydrogen-bond donors (Lipinski definition) is 4. The van der Waals surface area contributed by atoms with Gasteiger partial charge in [0.25, 0.3) is 0 Å². The van der Waals surface area contributed by atoms with Crippen LogP contribution in [-0.2, 0) is 6.61 Å². The molecule has 2 aromatic carbocycles. The number of aliphatic hydroxyl groups excluding tert-OH is 1. The highest BCUT2D eigenvalue weighted by Crippen LogP contribution is 2.29. The molecule has 0 fully saturated rings. The molecule has 128 valence electrons. The molecule has 8 heteroatoms. The summed E-state index contributed by atoms with van der Waals surface area (Å²) in [5.74, 6) is 0. The van der Waals surface area contributed by atoms with E-state index in [-0.39, 0.29) is 6.61 Å². The third kappa shape index (κ3) is 4.47. The Kier molecular flexibility index (Phi) is 6.61. The Morgan fingerprint density at radius 2 is 1.92 bits per heavy atom. The summed E-state index contributed by atoms with van der Waals surface area (Å²) in [4.78, 5) is 12.2. The van der Waals surface area contributed by atoms with E-state index in [2.05, 4.69) is 42.5 Å². The SMILES string of the molecule is CCN(O)c1ccc(NC(=O)Nc2cccc(Br)c2CO)cc1Br. The number of benzene rings is 2. The van der Waals surface area contributed by atoms with Crippen LogP contribution in [0.3, 0.4) is 0 Å². The fourth-order valence-electron chi connectivity index (χ4n) is 2.09. The lowest BCUT2D eigenvalue weighted by molar-refractivity contribution is 0.259. The Balaban J connectivity index is 2.11. The predicted octanol–water partition coefficient (Wildman–Crippen LogP) is 4.56. The lowest BCUT2D eigenvalue weighted by Gasteiger charge is -2.17. The van der Waals surface area contributed by atoms with Crippen LogP contribution in [0.1, 0.15) is 12.5 Å². The van der Waals surface area contributed by atoms with Crippen LogP contribution in [0.2, 0.25) is 0 Å². The van der Waals surface area contributed by atoms with E-state index in [0.717, 1.165) is 9.54 Å². The molecule has 0 aliphatic rings. The minimum atomic E-state index is -0.432. The highest BCUT2D eigenvalue weighted by Gasteiger charge is 2.11. The van der Waals surface area contributed by atoms with Gasteiger partial charge in [0.05, 0.1) is 12.3 Å². The van der Waals surface area contributed by atoms with Gasteiger partial charge in [0, 0.05) is 32.4 Å². The molecule has 0 atom stereocenters. The van der Waals surface area contributed by atoms with Crippen molar-refractivity contribution < 1.29 is 15.1 Å². The molecule has 0 saturated carbocycles. The summed E-state index contributed by atoms with van der Waals surface area (Å²) in [7, 11) is 0. The van der Waals surface area contributed by atoms with Crippen LogP contribution in [0.15, 0.2) is 45.3 Å². The number of hydrogen-bond acceptors (Lipinski definition) is 4. The fraction of sp³-hybridized carbons (Fsp3) is 0.188. The molecule has 4 N–H and O–H groups in total. The summed E-state index contributed by atoms with van der Waals surface area (Å²) in [5, 5.41) is 25.7. The van der Waals surface area contributed by atoms with Crippen molar-refractivity contribution >= 4 is 55.0 Å². The number of halogens is 2. The van der Waals surface area contributed by atoms with Crippen molar-refractivity contribution in [3.63, 3.8) is 0 Å². The van der Waals surface area contributed by atoms with Crippen molar-refractivity contribution in [2.75, 3.05) is 22.2 Å². The van der Waals surface area contributed by atoms with Gasteiger partial charge in [-0.3, -0.25) is 10.3 Å². The summed E-state index contributed by atoms with van der Waals surface area (Å²) in [6.07, 6.45) is 0. The molecule has 6 nitrogen and oxygen atoms in total. The summed E-state index contributed by atoms with van der Waals surface area (Å²) < 4.78 is 1.38. The highest BCUT2D eigenvalue weighted by molar-refractivity contribution is 9.11. The number of carbonyl (C=O) groups excluding carboxylic acids is 1. The number of rotatable bonds is 5. The fourth-order valence-corrected chi connectivity index (χ4v) is 3.16. The van der Waals surface area contributed by atoms with Crippen LogP contribution < -0.4 is 15.7 Å². The normalized spacial score (nSPS) is 10.4. The first-order valence-electron chi connectivity index (χ1n) is 7.18. The minimum Gasteiger partial charge on any atom is -0.392 e. The van der Waals surface area contributed by atoms with Gasteiger partial charge in [0.2, 0.25) is 0 Å². The first-order chi connectivity index (χ1) is 11.5. The van der Waals surface area contributed by atoms with E-state index in [9.17, 15) is 15.1 Å². The summed E-state index contributed by atoms with van der Waals surface area (Å²) in [6.45, 7) is 2.07. The maximum absolute atomic E-state index is 12.2. The molecule has 0 bridgehead atoms. The lowest BCUT2D eigenvalue weighted by atomic mass is 10.2. The summed E-state index contributed by atoms with van der Waals surface area (Å²) >= 11 is 6.70. The topological polar surface area (TPSA) is 84.8 Å². The molecular formula is C16H17Br2N3O3. The molecule has 2 aromatic rings. The average molecular weight is 459 g/mol. The molecule has 0 aliphatic heterocycles. The van der Waals surface area contributed by atoms with E-state index < -0.39 is 6.03 Å². The van der Waals surface area contributed by atoms with Gasteiger partial charge in [-0.2, -0.15) is 0 Å². The van der Waals surface area contributed by atoms with Crippen LogP contribution in [0.25, 0.3) is 0 Å². The quantitative estimate of drug-likeness (QED) is 0.494. The van der Waals surface area contributed by atoms with Gasteiger partial charge in [0.15, 0.2) is 0 Å². The van der Waals surface area contributed by atoms with Crippen molar-refractivity contribution in [2.24, 2.45) is 0 Å². The second-order valence-electron chi connectivity index (χ2n) is 4.89. The largest absolute Gasteiger partial charge is 0.392 e. The zero-order valence-corrected chi connectivity index (χ0v) is 16.1. The van der Waals surface area contributed by atoms with Crippen LogP contribution in [0.4, 0.5) is 21.9 Å². The van der Waals surface area contributed by atoms with Crippen LogP contribution >= 0.6 is 31.9 Å². The summed E-state index contributed by atoms with van der Waals surface area (Å²) in [6, 6.07) is 9.91. The standard InChI is InChI=1S/C16H17Br2N3O3/c1-2-21(24)15-7-6-10(8-13(15)18)19-16(23)20-14-5-3-4-12(17)11(14)9-22/h3-8,22,24H,2,9H2,1H3,(H2,19,20,23). The Hall–Kier alpha value is -1.61. The van der Waals surface area contributed by atoms with Gasteiger partial charge in [0.1, 0.15) is 0 Å². The van der Waals surface area contributed by atoms with E-state index in [1.165, 1.54) is 0 Å². The third-order valence-corrected chi connectivity index (χ3v) is 4.69. The number of amides is 2. The molecule has 0 aliphatic carbocycles. The van der Waals surface area contributed by atoms with E-state index in [4.69, 9.17) is 0 Å². The van der Waals surface area contributed by atoms with Gasteiger partial charge in [-0.05, 0) is 53.2 Å². The molecule has 0 saturated heterocycles. The predicted molar refractivity (Wildman–Crippen MR) is 102 cm³/mol. The number of aliphatic hydroxyl groups is 1. The van der Waals surface area contributed by atoms with Crippen molar-refractivity contribution in [3.05, 3.63) is 50.9 Å². The van der Waals surface area contributed by atoms with Crippen LogP contribution in [0, 0.1) is 0 Å². The smallest absolute Gasteiger partial charge is 0.323 e. The second kappa shape index (κ2) is 8.48. The number of nitrogens with one attached hydrogen (secondary N) is 2. The zero-order valence-electron chi connectivity index (χ0n) is 12.9. The van der Waals surface area contributed by atoms with Gasteiger partial charge < -0.3 is 15.7 Å². The second-order valence-corrected chi connectivity index (χ2v) is 6.59. The van der Waals surface area contributed by atoms with Crippen molar-refractivity contribution in [1.29, 1.82) is 0 Å². The first-order valence-corrected chi connectivity index (χ1v) is 8.77. The third-order valence-electron chi connectivity index (χ3n) is 3.31. The number of carbonyl (C=O) groups is 1. The van der Waals surface area contributed by atoms with Crippen LogP contribution in [-0.4, -0.2) is 22.9 Å². The first kappa shape index (κ1) is 18.7. The number of hydroxylamine groups is 1. The Labute approximate surface area is 156 Å². The molecule has 0 radical (unpaired) electrons. The van der Waals surface area contributed by atoms with Gasteiger partial charge >= 0.3 is 6.03 Å². The Morgan fingerprint density at radius 1 is 1.17 bits per heavy atom. The van der Waals surface area contributed by atoms with Gasteiger partial charge in [-0.15, -0.1) is 0 Å². The Bertz CT molecular complexity index is 741. The van der Waals surface area contributed by atoms with E-state index in [1.54, 1.807) is 36.4 Å². The monoisotopic (exact) mass is 457 g/mol. The molecule has 0 heterocycles. The maximum atomic E-state index is 12.2. The van der Waals surface area contributed by atoms with E-state index in [0.29, 0.717) is 33.6 Å². The lowest BCUT2D eigenvalue weighted by Crippen LogP contribution is -2.21. The average Bonchev–Trinajstić information content (AvgIpc) is 2.54. The zero-order chi connectivity index (χ0) is 17.7. The number of anilines is 3. The molecule has 0 spiro atoms. The minimum absolute atomic E-state index is 0.194. The van der Waals surface area contributed by atoms with E-state index in [1.807, 2.05) is 6.92 Å². The molecule has 2 amide bonds. The summed E-state index contributed by atoms with van der Waals surface area (Å²) in [5.41, 5.74) is 2.29. The molecule has 0 aromatic heterocycles. The molecular weight excluding hydrogens is 442 g/mol. The van der Waals surface area contributed by atoms with Crippen molar-refractivity contribution in [3.8, 4) is 0 Å². The van der Waals surface area contributed by atoms with Crippen LogP contribution in [0.5, 0.6) is 0 Å². The van der Waals surface area contributed by atoms with Gasteiger partial charge in [-0.1, -0.05) is 22.0 Å². The molecule has 24 heavy (non-hydrogen) atoms. The van der Waals surface area contributed by atoms with Gasteiger partial charge in [-0.25, -0.2) is 4.79 Å². The number of urea groups is 1. The molecule has 0 unspecified atom stereocenters. The van der Waals surface area contributed by atoms with Crippen molar-refractivity contribution in [2.45, 2.75) is 13.5 Å². The molecule has 2 rings (SSSR count).